The van der Waals surface area contributed by atoms with Gasteiger partial charge in [0, 0.05) is 19.3 Å². The molecule has 0 saturated carbocycles. The normalized spacial score (nSPS) is 12.4. The minimum atomic E-state index is -0.793. The minimum absolute atomic E-state index is 0.0868. The molecular weight excluding hydrogens is 937 g/mol. The number of ether oxygens (including phenoxy) is 3. The molecule has 76 heavy (non-hydrogen) atoms. The van der Waals surface area contributed by atoms with Gasteiger partial charge in [-0.15, -0.1) is 0 Å². The molecule has 1 atom stereocenters. The lowest BCUT2D eigenvalue weighted by Crippen LogP contribution is -2.30. The predicted octanol–water partition coefficient (Wildman–Crippen LogP) is 22.7. The first kappa shape index (κ1) is 73.1. The van der Waals surface area contributed by atoms with Gasteiger partial charge in [0.05, 0.1) is 0 Å². The lowest BCUT2D eigenvalue weighted by molar-refractivity contribution is -0.167. The molecule has 0 N–H and O–H groups in total. The van der Waals surface area contributed by atoms with Crippen LogP contribution < -0.4 is 0 Å². The Bertz CT molecular complexity index is 1360. The molecular formula is C70H126O6. The van der Waals surface area contributed by atoms with Crippen molar-refractivity contribution < 1.29 is 28.6 Å². The molecule has 6 heteroatoms. The second kappa shape index (κ2) is 64.6. The van der Waals surface area contributed by atoms with Crippen molar-refractivity contribution in [2.45, 2.75) is 354 Å². The fraction of sp³-hybridized carbons (Fsp3) is 0.814. The number of rotatable bonds is 61. The Kier molecular flexibility index (Phi) is 62.2. The van der Waals surface area contributed by atoms with Crippen LogP contribution in [-0.2, 0) is 28.6 Å². The van der Waals surface area contributed by atoms with Gasteiger partial charge in [-0.25, -0.2) is 0 Å². The van der Waals surface area contributed by atoms with Crippen molar-refractivity contribution in [2.75, 3.05) is 13.2 Å². The molecule has 0 fully saturated rings. The van der Waals surface area contributed by atoms with E-state index in [0.29, 0.717) is 19.3 Å². The molecule has 0 rings (SSSR count). The van der Waals surface area contributed by atoms with Gasteiger partial charge in [-0.1, -0.05) is 313 Å². The summed E-state index contributed by atoms with van der Waals surface area (Å²) >= 11 is 0. The summed E-state index contributed by atoms with van der Waals surface area (Å²) in [5.74, 6) is -0.917. The first-order valence-electron chi connectivity index (χ1n) is 33.3. The highest BCUT2D eigenvalue weighted by Gasteiger charge is 2.19. The molecule has 0 bridgehead atoms. The Morgan fingerprint density at radius 2 is 0.526 bits per heavy atom. The van der Waals surface area contributed by atoms with Gasteiger partial charge < -0.3 is 14.2 Å². The average molecular weight is 1060 g/mol. The van der Waals surface area contributed by atoms with E-state index in [-0.39, 0.29) is 31.1 Å². The number of hydrogen-bond acceptors (Lipinski definition) is 6. The summed E-state index contributed by atoms with van der Waals surface area (Å²) < 4.78 is 16.9. The lowest BCUT2D eigenvalue weighted by atomic mass is 10.0. The van der Waals surface area contributed by atoms with Crippen molar-refractivity contribution in [3.05, 3.63) is 60.8 Å². The second-order valence-corrected chi connectivity index (χ2v) is 22.4. The third-order valence-corrected chi connectivity index (χ3v) is 14.8. The zero-order valence-corrected chi connectivity index (χ0v) is 50.8. The highest BCUT2D eigenvalue weighted by Crippen LogP contribution is 2.18. The van der Waals surface area contributed by atoms with Crippen LogP contribution in [0, 0.1) is 0 Å². The molecule has 0 amide bonds. The van der Waals surface area contributed by atoms with Crippen LogP contribution in [0.25, 0.3) is 0 Å². The van der Waals surface area contributed by atoms with Crippen LogP contribution in [0.4, 0.5) is 0 Å². The van der Waals surface area contributed by atoms with Crippen LogP contribution in [0.15, 0.2) is 60.8 Å². The molecule has 0 aromatic rings. The number of carbonyl (C=O) groups excluding carboxylic acids is 3. The second-order valence-electron chi connectivity index (χ2n) is 22.4. The summed E-state index contributed by atoms with van der Waals surface area (Å²) in [6.45, 7) is 6.49. The van der Waals surface area contributed by atoms with Gasteiger partial charge in [0.15, 0.2) is 6.10 Å². The van der Waals surface area contributed by atoms with Crippen LogP contribution in [-0.4, -0.2) is 37.2 Å². The van der Waals surface area contributed by atoms with Crippen molar-refractivity contribution in [3.8, 4) is 0 Å². The van der Waals surface area contributed by atoms with E-state index in [1.807, 2.05) is 0 Å². The standard InChI is InChI=1S/C70H126O6/c1-4-7-10-13-16-19-22-25-27-28-29-30-31-32-33-34-35-36-37-38-39-40-41-42-43-46-48-51-54-57-60-63-69(72)75-66-67(65-74-68(71)62-59-56-53-50-47-44-24-21-18-15-12-9-6-3)76-70(73)64-61-58-55-52-49-45-26-23-20-17-14-11-8-5-2/h9,12,14,17-18,21,23,26,44,47,67H,4-8,10-11,13,15-16,19-20,22,24-25,27-43,45-46,48-66H2,1-3H3/b12-9-,17-14-,21-18-,26-23-,47-44-. The maximum absolute atomic E-state index is 12.9. The van der Waals surface area contributed by atoms with Crippen molar-refractivity contribution in [1.82, 2.24) is 0 Å². The number of allylic oxidation sites excluding steroid dienone is 10. The van der Waals surface area contributed by atoms with Crippen LogP contribution in [0.3, 0.4) is 0 Å². The highest BCUT2D eigenvalue weighted by molar-refractivity contribution is 5.71. The number of carbonyl (C=O) groups is 3. The average Bonchev–Trinajstić information content (AvgIpc) is 3.42. The Morgan fingerprint density at radius 3 is 0.855 bits per heavy atom. The Balaban J connectivity index is 4.12. The fourth-order valence-corrected chi connectivity index (χ4v) is 9.77. The number of esters is 3. The topological polar surface area (TPSA) is 78.9 Å². The summed E-state index contributed by atoms with van der Waals surface area (Å²) in [5.41, 5.74) is 0. The summed E-state index contributed by atoms with van der Waals surface area (Å²) in [7, 11) is 0. The van der Waals surface area contributed by atoms with Crippen molar-refractivity contribution in [2.24, 2.45) is 0 Å². The van der Waals surface area contributed by atoms with Crippen LogP contribution in [0.5, 0.6) is 0 Å². The van der Waals surface area contributed by atoms with Crippen molar-refractivity contribution in [3.63, 3.8) is 0 Å². The molecule has 0 aliphatic carbocycles. The molecule has 0 heterocycles. The van der Waals surface area contributed by atoms with E-state index in [1.165, 1.54) is 199 Å². The Morgan fingerprint density at radius 1 is 0.276 bits per heavy atom. The molecule has 0 spiro atoms. The SMILES string of the molecule is CC/C=C\C/C=C\C/C=C\CCCCCC(=O)OCC(COC(=O)CCCCCCCCCCCCCCCCCCCCCCCCCCCCCCCCC)OC(=O)CCCCCCC/C=C\C/C=C\CCCC. The van der Waals surface area contributed by atoms with E-state index in [4.69, 9.17) is 14.2 Å². The highest BCUT2D eigenvalue weighted by atomic mass is 16.6. The van der Waals surface area contributed by atoms with Gasteiger partial charge in [0.2, 0.25) is 0 Å². The van der Waals surface area contributed by atoms with E-state index < -0.39 is 6.10 Å². The van der Waals surface area contributed by atoms with Gasteiger partial charge in [0.1, 0.15) is 13.2 Å². The predicted molar refractivity (Wildman–Crippen MR) is 330 cm³/mol. The van der Waals surface area contributed by atoms with E-state index in [2.05, 4.69) is 81.5 Å². The van der Waals surface area contributed by atoms with Crippen molar-refractivity contribution >= 4 is 17.9 Å². The third-order valence-electron chi connectivity index (χ3n) is 14.8. The van der Waals surface area contributed by atoms with E-state index in [0.717, 1.165) is 109 Å². The maximum atomic E-state index is 12.9. The minimum Gasteiger partial charge on any atom is -0.462 e. The van der Waals surface area contributed by atoms with Crippen LogP contribution in [0.1, 0.15) is 348 Å². The van der Waals surface area contributed by atoms with Crippen molar-refractivity contribution in [1.29, 1.82) is 0 Å². The smallest absolute Gasteiger partial charge is 0.306 e. The molecule has 0 aromatic heterocycles. The van der Waals surface area contributed by atoms with Gasteiger partial charge in [-0.05, 0) is 77.0 Å². The van der Waals surface area contributed by atoms with Crippen LogP contribution >= 0.6 is 0 Å². The fourth-order valence-electron chi connectivity index (χ4n) is 9.77. The maximum Gasteiger partial charge on any atom is 0.306 e. The molecule has 1 unspecified atom stereocenters. The van der Waals surface area contributed by atoms with Gasteiger partial charge >= 0.3 is 17.9 Å². The number of hydrogen-bond donors (Lipinski definition) is 0. The Hall–Kier alpha value is -2.89. The monoisotopic (exact) mass is 1060 g/mol. The van der Waals surface area contributed by atoms with Gasteiger partial charge in [-0.3, -0.25) is 14.4 Å². The lowest BCUT2D eigenvalue weighted by Gasteiger charge is -2.18. The number of unbranched alkanes of at least 4 members (excludes halogenated alkanes) is 40. The van der Waals surface area contributed by atoms with Gasteiger partial charge in [0.25, 0.3) is 0 Å². The van der Waals surface area contributed by atoms with Gasteiger partial charge in [-0.2, -0.15) is 0 Å². The molecule has 6 nitrogen and oxygen atoms in total. The first-order chi connectivity index (χ1) is 37.5. The van der Waals surface area contributed by atoms with E-state index >= 15 is 0 Å². The van der Waals surface area contributed by atoms with E-state index in [9.17, 15) is 14.4 Å². The summed E-state index contributed by atoms with van der Waals surface area (Å²) in [6.07, 6.45) is 82.7. The quantitative estimate of drug-likeness (QED) is 0.0261. The zero-order chi connectivity index (χ0) is 55.0. The molecule has 0 aliphatic heterocycles. The largest absolute Gasteiger partial charge is 0.462 e. The summed E-state index contributed by atoms with van der Waals surface area (Å²) in [6, 6.07) is 0. The summed E-state index contributed by atoms with van der Waals surface area (Å²) in [4.78, 5) is 38.2. The molecule has 0 saturated heterocycles. The molecule has 442 valence electrons. The zero-order valence-electron chi connectivity index (χ0n) is 50.8. The Labute approximate surface area is 472 Å². The van der Waals surface area contributed by atoms with E-state index in [1.54, 1.807) is 0 Å². The molecule has 0 aromatic carbocycles. The summed E-state index contributed by atoms with van der Waals surface area (Å²) in [5, 5.41) is 0. The molecule has 0 radical (unpaired) electrons. The molecule has 0 aliphatic rings. The first-order valence-corrected chi connectivity index (χ1v) is 33.3. The third kappa shape index (κ3) is 62.0. The van der Waals surface area contributed by atoms with Crippen LogP contribution in [0.2, 0.25) is 0 Å².